The molecule has 0 radical (unpaired) electrons. The van der Waals surface area contributed by atoms with Crippen LogP contribution in [0.3, 0.4) is 0 Å². The van der Waals surface area contributed by atoms with Gasteiger partial charge in [0.2, 0.25) is 0 Å². The summed E-state index contributed by atoms with van der Waals surface area (Å²) < 4.78 is 18.2. The van der Waals surface area contributed by atoms with E-state index in [0.717, 1.165) is 12.8 Å². The topological polar surface area (TPSA) is 62.1 Å². The number of nitrogens with one attached hydrogen (secondary N) is 1. The third-order valence-corrected chi connectivity index (χ3v) is 3.45. The van der Waals surface area contributed by atoms with Gasteiger partial charge in [-0.1, -0.05) is 6.07 Å². The molecule has 19 heavy (non-hydrogen) atoms. The molecule has 2 rings (SSSR count). The van der Waals surface area contributed by atoms with Crippen LogP contribution in [0.4, 0.5) is 10.1 Å². The highest BCUT2D eigenvalue weighted by Crippen LogP contribution is 2.30. The van der Waals surface area contributed by atoms with Crippen LogP contribution in [0.2, 0.25) is 0 Å². The quantitative estimate of drug-likeness (QED) is 0.850. The normalized spacial score (nSPS) is 21.7. The summed E-state index contributed by atoms with van der Waals surface area (Å²) in [7, 11) is 1.38. The van der Waals surface area contributed by atoms with Crippen LogP contribution in [-0.4, -0.2) is 19.1 Å². The van der Waals surface area contributed by atoms with E-state index < -0.39 is 5.82 Å². The number of ether oxygens (including phenoxy) is 1. The lowest BCUT2D eigenvalue weighted by molar-refractivity contribution is -0.145. The lowest BCUT2D eigenvalue weighted by Gasteiger charge is -2.15. The van der Waals surface area contributed by atoms with Gasteiger partial charge >= 0.3 is 5.97 Å². The van der Waals surface area contributed by atoms with E-state index >= 15 is 0 Å². The van der Waals surface area contributed by atoms with E-state index in [1.54, 1.807) is 12.1 Å². The molecule has 1 aliphatic carbocycles. The van der Waals surface area contributed by atoms with Gasteiger partial charge in [0.15, 0.2) is 0 Å². The molecule has 1 saturated carbocycles. The molecule has 0 saturated heterocycles. The Morgan fingerprint density at radius 2 is 2.32 bits per heavy atom. The number of nitrogens with zero attached hydrogens (tertiary/aromatic N) is 1. The predicted octanol–water partition coefficient (Wildman–Crippen LogP) is 2.45. The molecular formula is C14H15FN2O2. The second kappa shape index (κ2) is 5.70. The van der Waals surface area contributed by atoms with Crippen LogP contribution in [0.15, 0.2) is 18.2 Å². The van der Waals surface area contributed by atoms with Gasteiger partial charge in [-0.15, -0.1) is 0 Å². The van der Waals surface area contributed by atoms with E-state index in [9.17, 15) is 9.18 Å². The summed E-state index contributed by atoms with van der Waals surface area (Å²) in [5, 5.41) is 12.1. The number of esters is 1. The minimum absolute atomic E-state index is 0.0176. The number of benzene rings is 1. The van der Waals surface area contributed by atoms with Crippen LogP contribution in [0.1, 0.15) is 24.8 Å². The third kappa shape index (κ3) is 2.84. The van der Waals surface area contributed by atoms with Crippen molar-refractivity contribution in [3.05, 3.63) is 29.6 Å². The molecule has 0 amide bonds. The average Bonchev–Trinajstić information content (AvgIpc) is 2.87. The maximum Gasteiger partial charge on any atom is 0.308 e. The fraction of sp³-hybridized carbons (Fsp3) is 0.429. The smallest absolute Gasteiger partial charge is 0.308 e. The van der Waals surface area contributed by atoms with E-state index in [-0.39, 0.29) is 23.5 Å². The summed E-state index contributed by atoms with van der Waals surface area (Å²) >= 11 is 0. The molecule has 100 valence electrons. The van der Waals surface area contributed by atoms with Crippen LogP contribution in [0.25, 0.3) is 0 Å². The van der Waals surface area contributed by atoms with Gasteiger partial charge < -0.3 is 10.1 Å². The molecule has 1 aromatic carbocycles. The van der Waals surface area contributed by atoms with Gasteiger partial charge in [-0.2, -0.15) is 5.26 Å². The highest BCUT2D eigenvalue weighted by molar-refractivity contribution is 5.73. The summed E-state index contributed by atoms with van der Waals surface area (Å²) in [5.41, 5.74) is 0.502. The Balaban J connectivity index is 2.06. The van der Waals surface area contributed by atoms with Crippen molar-refractivity contribution < 1.29 is 13.9 Å². The van der Waals surface area contributed by atoms with Crippen molar-refractivity contribution in [1.82, 2.24) is 0 Å². The molecule has 0 spiro atoms. The minimum atomic E-state index is -0.532. The van der Waals surface area contributed by atoms with Gasteiger partial charge in [0.25, 0.3) is 0 Å². The first-order chi connectivity index (χ1) is 9.15. The highest BCUT2D eigenvalue weighted by Gasteiger charge is 2.30. The zero-order chi connectivity index (χ0) is 13.8. The Morgan fingerprint density at radius 3 is 3.00 bits per heavy atom. The molecule has 5 heteroatoms. The van der Waals surface area contributed by atoms with Crippen molar-refractivity contribution in [3.63, 3.8) is 0 Å². The van der Waals surface area contributed by atoms with Crippen LogP contribution >= 0.6 is 0 Å². The van der Waals surface area contributed by atoms with Crippen LogP contribution in [0.5, 0.6) is 0 Å². The van der Waals surface area contributed by atoms with Crippen molar-refractivity contribution >= 4 is 11.7 Å². The number of hydrogen-bond acceptors (Lipinski definition) is 4. The Bertz CT molecular complexity index is 525. The van der Waals surface area contributed by atoms with E-state index in [1.165, 1.54) is 13.2 Å². The lowest BCUT2D eigenvalue weighted by atomic mass is 10.1. The van der Waals surface area contributed by atoms with Crippen molar-refractivity contribution in [2.75, 3.05) is 12.4 Å². The zero-order valence-electron chi connectivity index (χ0n) is 10.6. The molecule has 0 aromatic heterocycles. The number of rotatable bonds is 3. The monoisotopic (exact) mass is 262 g/mol. The SMILES string of the molecule is COC(=O)[C@H]1CC[C@@H](Nc2cccc(F)c2C#N)C1. The summed E-state index contributed by atoms with van der Waals surface area (Å²) in [6.45, 7) is 0. The van der Waals surface area contributed by atoms with E-state index in [4.69, 9.17) is 10.00 Å². The minimum Gasteiger partial charge on any atom is -0.469 e. The van der Waals surface area contributed by atoms with Gasteiger partial charge in [-0.05, 0) is 31.4 Å². The Labute approximate surface area is 111 Å². The number of nitriles is 1. The van der Waals surface area contributed by atoms with Crippen molar-refractivity contribution in [2.45, 2.75) is 25.3 Å². The molecule has 0 bridgehead atoms. The number of hydrogen-bond donors (Lipinski definition) is 1. The first kappa shape index (κ1) is 13.3. The van der Waals surface area contributed by atoms with Crippen molar-refractivity contribution in [3.8, 4) is 6.07 Å². The Hall–Kier alpha value is -2.09. The molecule has 1 fully saturated rings. The molecule has 2 atom stereocenters. The van der Waals surface area contributed by atoms with Gasteiger partial charge in [0.1, 0.15) is 17.4 Å². The summed E-state index contributed by atoms with van der Waals surface area (Å²) in [6, 6.07) is 6.42. The fourth-order valence-electron chi connectivity index (χ4n) is 2.47. The average molecular weight is 262 g/mol. The van der Waals surface area contributed by atoms with Crippen molar-refractivity contribution in [1.29, 1.82) is 5.26 Å². The molecule has 1 aliphatic rings. The van der Waals surface area contributed by atoms with Crippen LogP contribution < -0.4 is 5.32 Å². The number of methoxy groups -OCH3 is 1. The third-order valence-electron chi connectivity index (χ3n) is 3.45. The van der Waals surface area contributed by atoms with Gasteiger partial charge in [0, 0.05) is 6.04 Å². The van der Waals surface area contributed by atoms with E-state index in [1.807, 2.05) is 6.07 Å². The summed E-state index contributed by atoms with van der Waals surface area (Å²) in [6.07, 6.45) is 2.21. The second-order valence-corrected chi connectivity index (χ2v) is 4.65. The molecule has 0 aliphatic heterocycles. The van der Waals surface area contributed by atoms with Crippen LogP contribution in [-0.2, 0) is 9.53 Å². The Kier molecular flexibility index (Phi) is 4.00. The number of carbonyl (C=O) groups is 1. The number of carbonyl (C=O) groups excluding carboxylic acids is 1. The van der Waals surface area contributed by atoms with Crippen molar-refractivity contribution in [2.24, 2.45) is 5.92 Å². The standard InChI is InChI=1S/C14H15FN2O2/c1-19-14(18)9-5-6-10(7-9)17-13-4-2-3-12(15)11(13)8-16/h2-4,9-10,17H,5-7H2,1H3/t9-,10+/m0/s1. The predicted molar refractivity (Wildman–Crippen MR) is 67.9 cm³/mol. The summed E-state index contributed by atoms with van der Waals surface area (Å²) in [4.78, 5) is 11.4. The molecular weight excluding hydrogens is 247 g/mol. The second-order valence-electron chi connectivity index (χ2n) is 4.65. The van der Waals surface area contributed by atoms with Gasteiger partial charge in [0.05, 0.1) is 18.7 Å². The summed E-state index contributed by atoms with van der Waals surface area (Å²) in [5.74, 6) is -0.847. The molecule has 1 aromatic rings. The first-order valence-corrected chi connectivity index (χ1v) is 6.18. The van der Waals surface area contributed by atoms with Crippen LogP contribution in [0, 0.1) is 23.1 Å². The first-order valence-electron chi connectivity index (χ1n) is 6.18. The lowest BCUT2D eigenvalue weighted by Crippen LogP contribution is -2.19. The van der Waals surface area contributed by atoms with E-state index in [0.29, 0.717) is 12.1 Å². The van der Waals surface area contributed by atoms with E-state index in [2.05, 4.69) is 5.32 Å². The zero-order valence-corrected chi connectivity index (χ0v) is 10.6. The molecule has 4 nitrogen and oxygen atoms in total. The molecule has 0 unspecified atom stereocenters. The fourth-order valence-corrected chi connectivity index (χ4v) is 2.47. The highest BCUT2D eigenvalue weighted by atomic mass is 19.1. The largest absolute Gasteiger partial charge is 0.469 e. The molecule has 0 heterocycles. The van der Waals surface area contributed by atoms with Gasteiger partial charge in [-0.3, -0.25) is 4.79 Å². The van der Waals surface area contributed by atoms with Gasteiger partial charge in [-0.25, -0.2) is 4.39 Å². The maximum absolute atomic E-state index is 13.4. The number of anilines is 1. The maximum atomic E-state index is 13.4. The Morgan fingerprint density at radius 1 is 1.53 bits per heavy atom. The number of halogens is 1. The molecule has 1 N–H and O–H groups in total.